The van der Waals surface area contributed by atoms with Crippen LogP contribution in [0, 0.1) is 5.82 Å². The molecule has 0 spiro atoms. The van der Waals surface area contributed by atoms with Crippen molar-refractivity contribution in [2.24, 2.45) is 0 Å². The molecule has 1 aromatic heterocycles. The molecule has 2 aromatic carbocycles. The van der Waals surface area contributed by atoms with Crippen LogP contribution in [-0.2, 0) is 4.79 Å². The molecule has 1 amide bonds. The SMILES string of the molecule is CC(=O)Nc1ccc2c(=O)c3cccc(F)c3oc2c1. The zero-order chi connectivity index (χ0) is 14.3. The van der Waals surface area contributed by atoms with Gasteiger partial charge in [-0.2, -0.15) is 0 Å². The molecule has 0 radical (unpaired) electrons. The van der Waals surface area contributed by atoms with Crippen molar-refractivity contribution in [3.05, 3.63) is 52.4 Å². The number of hydrogen-bond donors (Lipinski definition) is 1. The number of para-hydroxylation sites is 1. The number of amides is 1. The van der Waals surface area contributed by atoms with E-state index in [0.717, 1.165) is 0 Å². The number of nitrogens with one attached hydrogen (secondary N) is 1. The van der Waals surface area contributed by atoms with E-state index in [0.29, 0.717) is 11.1 Å². The van der Waals surface area contributed by atoms with Gasteiger partial charge in [0, 0.05) is 18.7 Å². The largest absolute Gasteiger partial charge is 0.453 e. The predicted octanol–water partition coefficient (Wildman–Crippen LogP) is 3.04. The fourth-order valence-electron chi connectivity index (χ4n) is 2.12. The molecule has 0 saturated heterocycles. The number of anilines is 1. The van der Waals surface area contributed by atoms with Crippen LogP contribution in [-0.4, -0.2) is 5.91 Å². The highest BCUT2D eigenvalue weighted by Crippen LogP contribution is 2.23. The topological polar surface area (TPSA) is 59.3 Å². The first-order valence-electron chi connectivity index (χ1n) is 5.99. The van der Waals surface area contributed by atoms with Gasteiger partial charge < -0.3 is 9.73 Å². The highest BCUT2D eigenvalue weighted by Gasteiger charge is 2.11. The molecule has 0 saturated carbocycles. The molecule has 1 heterocycles. The van der Waals surface area contributed by atoms with Gasteiger partial charge in [0.1, 0.15) is 5.58 Å². The second kappa shape index (κ2) is 4.45. The number of halogens is 1. The van der Waals surface area contributed by atoms with Crippen molar-refractivity contribution in [1.82, 2.24) is 0 Å². The Balaban J connectivity index is 2.36. The molecule has 3 aromatic rings. The van der Waals surface area contributed by atoms with Crippen molar-refractivity contribution < 1.29 is 13.6 Å². The van der Waals surface area contributed by atoms with E-state index in [2.05, 4.69) is 5.32 Å². The van der Waals surface area contributed by atoms with E-state index in [1.54, 1.807) is 12.1 Å². The minimum absolute atomic E-state index is 0.0787. The number of rotatable bonds is 1. The standard InChI is InChI=1S/C15H10FNO3/c1-8(18)17-9-5-6-10-13(7-9)20-15-11(14(10)19)3-2-4-12(15)16/h2-7H,1H3,(H,17,18). The van der Waals surface area contributed by atoms with Crippen molar-refractivity contribution in [3.8, 4) is 0 Å². The quantitative estimate of drug-likeness (QED) is 0.692. The second-order valence-corrected chi connectivity index (χ2v) is 4.44. The monoisotopic (exact) mass is 271 g/mol. The molecular formula is C15H10FNO3. The summed E-state index contributed by atoms with van der Waals surface area (Å²) in [5.74, 6) is -0.829. The van der Waals surface area contributed by atoms with Crippen LogP contribution < -0.4 is 10.7 Å². The van der Waals surface area contributed by atoms with Gasteiger partial charge in [-0.1, -0.05) is 6.07 Å². The lowest BCUT2D eigenvalue weighted by atomic mass is 10.1. The van der Waals surface area contributed by atoms with E-state index in [-0.39, 0.29) is 27.9 Å². The molecule has 4 nitrogen and oxygen atoms in total. The maximum Gasteiger partial charge on any atom is 0.221 e. The zero-order valence-electron chi connectivity index (χ0n) is 10.6. The van der Waals surface area contributed by atoms with Crippen LogP contribution in [0.4, 0.5) is 10.1 Å². The van der Waals surface area contributed by atoms with Gasteiger partial charge in [-0.3, -0.25) is 9.59 Å². The van der Waals surface area contributed by atoms with Gasteiger partial charge in [0.15, 0.2) is 11.4 Å². The zero-order valence-corrected chi connectivity index (χ0v) is 10.6. The highest BCUT2D eigenvalue weighted by molar-refractivity contribution is 5.94. The van der Waals surface area contributed by atoms with Crippen molar-refractivity contribution in [3.63, 3.8) is 0 Å². The maximum absolute atomic E-state index is 13.7. The Hall–Kier alpha value is -2.69. The first-order chi connectivity index (χ1) is 9.56. The second-order valence-electron chi connectivity index (χ2n) is 4.44. The molecule has 0 atom stereocenters. The van der Waals surface area contributed by atoms with E-state index >= 15 is 0 Å². The molecule has 0 aliphatic rings. The van der Waals surface area contributed by atoms with E-state index < -0.39 is 5.82 Å². The normalized spacial score (nSPS) is 10.9. The Kier molecular flexibility index (Phi) is 2.75. The average molecular weight is 271 g/mol. The van der Waals surface area contributed by atoms with Gasteiger partial charge in [0.2, 0.25) is 11.3 Å². The van der Waals surface area contributed by atoms with Gasteiger partial charge in [0.05, 0.1) is 10.8 Å². The summed E-state index contributed by atoms with van der Waals surface area (Å²) >= 11 is 0. The van der Waals surface area contributed by atoms with Gasteiger partial charge >= 0.3 is 0 Å². The molecular weight excluding hydrogens is 261 g/mol. The molecule has 0 bridgehead atoms. The van der Waals surface area contributed by atoms with E-state index in [1.807, 2.05) is 0 Å². The predicted molar refractivity (Wildman–Crippen MR) is 74.3 cm³/mol. The lowest BCUT2D eigenvalue weighted by Gasteiger charge is -2.05. The van der Waals surface area contributed by atoms with Crippen LogP contribution in [0.15, 0.2) is 45.6 Å². The average Bonchev–Trinajstić information content (AvgIpc) is 2.39. The van der Waals surface area contributed by atoms with Crippen molar-refractivity contribution in [1.29, 1.82) is 0 Å². The molecule has 0 aliphatic heterocycles. The smallest absolute Gasteiger partial charge is 0.221 e. The lowest BCUT2D eigenvalue weighted by Crippen LogP contribution is -2.07. The molecule has 100 valence electrons. The summed E-state index contributed by atoms with van der Waals surface area (Å²) < 4.78 is 19.2. The lowest BCUT2D eigenvalue weighted by molar-refractivity contribution is -0.114. The summed E-state index contributed by atoms with van der Waals surface area (Å²) in [5.41, 5.74) is 0.350. The Bertz CT molecular complexity index is 899. The van der Waals surface area contributed by atoms with Crippen LogP contribution in [0.3, 0.4) is 0 Å². The maximum atomic E-state index is 13.7. The summed E-state index contributed by atoms with van der Waals surface area (Å²) in [7, 11) is 0. The van der Waals surface area contributed by atoms with E-state index in [9.17, 15) is 14.0 Å². The Morgan fingerprint density at radius 1 is 1.20 bits per heavy atom. The van der Waals surface area contributed by atoms with Crippen LogP contribution in [0.25, 0.3) is 21.9 Å². The Morgan fingerprint density at radius 3 is 2.75 bits per heavy atom. The number of benzene rings is 2. The van der Waals surface area contributed by atoms with Gasteiger partial charge in [0.25, 0.3) is 0 Å². The molecule has 20 heavy (non-hydrogen) atoms. The molecule has 0 unspecified atom stereocenters. The van der Waals surface area contributed by atoms with Crippen LogP contribution in [0.2, 0.25) is 0 Å². The van der Waals surface area contributed by atoms with Crippen molar-refractivity contribution in [2.45, 2.75) is 6.92 Å². The molecule has 0 fully saturated rings. The van der Waals surface area contributed by atoms with E-state index in [4.69, 9.17) is 4.42 Å². The van der Waals surface area contributed by atoms with Crippen LogP contribution in [0.1, 0.15) is 6.92 Å². The molecule has 0 aliphatic carbocycles. The molecule has 1 N–H and O–H groups in total. The highest BCUT2D eigenvalue weighted by atomic mass is 19.1. The number of carbonyl (C=O) groups excluding carboxylic acids is 1. The Labute approximate surface area is 112 Å². The summed E-state index contributed by atoms with van der Waals surface area (Å²) in [6.45, 7) is 1.38. The summed E-state index contributed by atoms with van der Waals surface area (Å²) in [6.07, 6.45) is 0. The number of carbonyl (C=O) groups is 1. The fourth-order valence-corrected chi connectivity index (χ4v) is 2.12. The van der Waals surface area contributed by atoms with Crippen molar-refractivity contribution in [2.75, 3.05) is 5.32 Å². The number of fused-ring (bicyclic) bond motifs is 2. The third kappa shape index (κ3) is 1.93. The van der Waals surface area contributed by atoms with Crippen LogP contribution in [0.5, 0.6) is 0 Å². The summed E-state index contributed by atoms with van der Waals surface area (Å²) in [4.78, 5) is 23.3. The fraction of sp³-hybridized carbons (Fsp3) is 0.0667. The van der Waals surface area contributed by atoms with Gasteiger partial charge in [-0.05, 0) is 24.3 Å². The first kappa shape index (κ1) is 12.3. The van der Waals surface area contributed by atoms with Gasteiger partial charge in [-0.15, -0.1) is 0 Å². The molecule has 5 heteroatoms. The minimum Gasteiger partial charge on any atom is -0.453 e. The van der Waals surface area contributed by atoms with Gasteiger partial charge in [-0.25, -0.2) is 4.39 Å². The third-order valence-corrected chi connectivity index (χ3v) is 2.97. The third-order valence-electron chi connectivity index (χ3n) is 2.97. The van der Waals surface area contributed by atoms with Crippen molar-refractivity contribution >= 4 is 33.5 Å². The summed E-state index contributed by atoms with van der Waals surface area (Å²) in [5, 5.41) is 3.13. The Morgan fingerprint density at radius 2 is 2.00 bits per heavy atom. The molecule has 3 rings (SSSR count). The summed E-state index contributed by atoms with van der Waals surface area (Å²) in [6, 6.07) is 8.87. The van der Waals surface area contributed by atoms with E-state index in [1.165, 1.54) is 31.2 Å². The van der Waals surface area contributed by atoms with Crippen LogP contribution >= 0.6 is 0 Å². The first-order valence-corrected chi connectivity index (χ1v) is 5.99. The minimum atomic E-state index is -0.591. The number of hydrogen-bond acceptors (Lipinski definition) is 3.